The maximum Gasteiger partial charge on any atom is 0.327 e. The molecular formula is C16H17N5O2. The molecule has 0 bridgehead atoms. The van der Waals surface area contributed by atoms with Crippen molar-refractivity contribution in [3.05, 3.63) is 60.5 Å². The number of benzene rings is 1. The van der Waals surface area contributed by atoms with Gasteiger partial charge in [-0.1, -0.05) is 12.1 Å². The Morgan fingerprint density at radius 3 is 2.57 bits per heavy atom. The number of rotatable bonds is 4. The third-order valence-corrected chi connectivity index (χ3v) is 3.58. The van der Waals surface area contributed by atoms with Gasteiger partial charge in [0.15, 0.2) is 0 Å². The molecule has 1 atom stereocenters. The van der Waals surface area contributed by atoms with Gasteiger partial charge in [-0.2, -0.15) is 0 Å². The van der Waals surface area contributed by atoms with E-state index in [2.05, 4.69) is 32.1 Å². The summed E-state index contributed by atoms with van der Waals surface area (Å²) in [6.45, 7) is 4.08. The van der Waals surface area contributed by atoms with Crippen molar-refractivity contribution in [2.75, 3.05) is 10.6 Å². The second kappa shape index (κ2) is 6.35. The van der Waals surface area contributed by atoms with Crippen LogP contribution in [0.3, 0.4) is 0 Å². The van der Waals surface area contributed by atoms with E-state index < -0.39 is 6.03 Å². The third kappa shape index (κ3) is 3.39. The van der Waals surface area contributed by atoms with Crippen molar-refractivity contribution in [2.45, 2.75) is 19.9 Å². The van der Waals surface area contributed by atoms with Gasteiger partial charge in [0.05, 0.1) is 12.2 Å². The first-order valence-electron chi connectivity index (χ1n) is 7.20. The Morgan fingerprint density at radius 1 is 1.17 bits per heavy atom. The van der Waals surface area contributed by atoms with E-state index in [9.17, 15) is 4.79 Å². The lowest BCUT2D eigenvalue weighted by molar-refractivity contribution is 0.261. The van der Waals surface area contributed by atoms with Crippen LogP contribution in [0.2, 0.25) is 0 Å². The fourth-order valence-electron chi connectivity index (χ4n) is 2.35. The highest BCUT2D eigenvalue weighted by Crippen LogP contribution is 2.21. The van der Waals surface area contributed by atoms with Crippen LogP contribution in [-0.2, 0) is 0 Å². The van der Waals surface area contributed by atoms with E-state index in [1.54, 1.807) is 6.20 Å². The van der Waals surface area contributed by atoms with Crippen molar-refractivity contribution in [2.24, 2.45) is 0 Å². The summed E-state index contributed by atoms with van der Waals surface area (Å²) < 4.78 is 7.05. The molecule has 118 valence electrons. The molecule has 0 fully saturated rings. The van der Waals surface area contributed by atoms with Crippen LogP contribution in [0.1, 0.15) is 24.4 Å². The molecule has 1 aromatic carbocycles. The van der Waals surface area contributed by atoms with E-state index in [1.807, 2.05) is 37.4 Å². The fraction of sp³-hybridized carbons (Fsp3) is 0.188. The fourth-order valence-corrected chi connectivity index (χ4v) is 2.35. The highest BCUT2D eigenvalue weighted by Gasteiger charge is 2.10. The van der Waals surface area contributed by atoms with E-state index in [4.69, 9.17) is 4.42 Å². The smallest absolute Gasteiger partial charge is 0.327 e. The number of carbonyl (C=O) groups is 1. The highest BCUT2D eigenvalue weighted by atomic mass is 16.4. The second-order valence-corrected chi connectivity index (χ2v) is 5.10. The van der Waals surface area contributed by atoms with Crippen LogP contribution in [0.15, 0.2) is 53.5 Å². The van der Waals surface area contributed by atoms with Crippen LogP contribution >= 0.6 is 0 Å². The van der Waals surface area contributed by atoms with Crippen molar-refractivity contribution in [3.8, 4) is 0 Å². The minimum atomic E-state index is -0.404. The van der Waals surface area contributed by atoms with E-state index in [0.29, 0.717) is 5.69 Å². The number of imidazole rings is 1. The van der Waals surface area contributed by atoms with Gasteiger partial charge < -0.3 is 14.3 Å². The number of carbonyl (C=O) groups excluding carboxylic acids is 1. The predicted octanol–water partition coefficient (Wildman–Crippen LogP) is 3.43. The average Bonchev–Trinajstić information content (AvgIpc) is 3.19. The number of aryl methyl sites for hydroxylation is 1. The molecule has 0 aliphatic rings. The van der Waals surface area contributed by atoms with E-state index in [1.165, 1.54) is 12.5 Å². The average molecular weight is 311 g/mol. The normalized spacial score (nSPS) is 11.9. The molecule has 2 heterocycles. The Labute approximate surface area is 133 Å². The molecule has 0 aliphatic carbocycles. The van der Waals surface area contributed by atoms with Crippen molar-refractivity contribution in [1.82, 2.24) is 14.5 Å². The van der Waals surface area contributed by atoms with Crippen molar-refractivity contribution in [1.29, 1.82) is 0 Å². The molecule has 0 aliphatic heterocycles. The minimum absolute atomic E-state index is 0.156. The first-order valence-corrected chi connectivity index (χ1v) is 7.20. The first kappa shape index (κ1) is 14.8. The lowest BCUT2D eigenvalue weighted by Gasteiger charge is -2.16. The maximum atomic E-state index is 11.8. The molecule has 0 saturated heterocycles. The Morgan fingerprint density at radius 2 is 1.96 bits per heavy atom. The standard InChI is InChI=1S/C16H17N5O2/c1-11(21-9-7-17-12(21)2)13-3-5-14(6-4-13)19-15(22)20-16-18-8-10-23-16/h3-11H,1-2H3,(H2,18,19,20,22)/t11-/m0/s1. The summed E-state index contributed by atoms with van der Waals surface area (Å²) in [7, 11) is 0. The molecule has 0 saturated carbocycles. The minimum Gasteiger partial charge on any atom is -0.432 e. The van der Waals surface area contributed by atoms with Crippen LogP contribution in [0.25, 0.3) is 0 Å². The number of amides is 2. The molecule has 3 aromatic rings. The molecule has 2 N–H and O–H groups in total. The summed E-state index contributed by atoms with van der Waals surface area (Å²) in [5, 5.41) is 5.22. The van der Waals surface area contributed by atoms with Gasteiger partial charge in [-0.05, 0) is 31.5 Å². The zero-order chi connectivity index (χ0) is 16.2. The Balaban J connectivity index is 1.65. The van der Waals surface area contributed by atoms with Crippen molar-refractivity contribution >= 4 is 17.7 Å². The largest absolute Gasteiger partial charge is 0.432 e. The molecule has 0 spiro atoms. The summed E-state index contributed by atoms with van der Waals surface area (Å²) in [6, 6.07) is 7.59. The van der Waals surface area contributed by atoms with Gasteiger partial charge in [0.1, 0.15) is 12.1 Å². The van der Waals surface area contributed by atoms with Crippen LogP contribution in [0, 0.1) is 6.92 Å². The topological polar surface area (TPSA) is 85.0 Å². The number of urea groups is 1. The summed E-state index contributed by atoms with van der Waals surface area (Å²) >= 11 is 0. The second-order valence-electron chi connectivity index (χ2n) is 5.10. The first-order chi connectivity index (χ1) is 11.1. The van der Waals surface area contributed by atoms with Crippen LogP contribution in [0.5, 0.6) is 0 Å². The van der Waals surface area contributed by atoms with E-state index >= 15 is 0 Å². The van der Waals surface area contributed by atoms with Gasteiger partial charge in [0.25, 0.3) is 0 Å². The lowest BCUT2D eigenvalue weighted by Crippen LogP contribution is -2.19. The van der Waals surface area contributed by atoms with Crippen molar-refractivity contribution in [3.63, 3.8) is 0 Å². The SMILES string of the molecule is Cc1nccn1[C@@H](C)c1ccc(NC(=O)Nc2ncco2)cc1. The molecule has 2 amide bonds. The molecule has 0 unspecified atom stereocenters. The number of aromatic nitrogens is 3. The van der Waals surface area contributed by atoms with Gasteiger partial charge >= 0.3 is 12.0 Å². The van der Waals surface area contributed by atoms with Gasteiger partial charge in [-0.25, -0.2) is 14.8 Å². The van der Waals surface area contributed by atoms with Gasteiger partial charge in [-0.15, -0.1) is 0 Å². The summed E-state index contributed by atoms with van der Waals surface area (Å²) in [4.78, 5) is 19.9. The van der Waals surface area contributed by atoms with Crippen molar-refractivity contribution < 1.29 is 9.21 Å². The monoisotopic (exact) mass is 311 g/mol. The highest BCUT2D eigenvalue weighted by molar-refractivity contribution is 5.98. The van der Waals surface area contributed by atoms with E-state index in [-0.39, 0.29) is 12.1 Å². The molecule has 0 radical (unpaired) electrons. The number of nitrogens with zero attached hydrogens (tertiary/aromatic N) is 3. The molecular weight excluding hydrogens is 294 g/mol. The zero-order valence-electron chi connectivity index (χ0n) is 12.9. The Bertz CT molecular complexity index is 777. The molecule has 2 aromatic heterocycles. The number of anilines is 2. The quantitative estimate of drug-likeness (QED) is 0.773. The van der Waals surface area contributed by atoms with Gasteiger partial charge in [0, 0.05) is 18.1 Å². The number of hydrogen-bond acceptors (Lipinski definition) is 4. The summed E-state index contributed by atoms with van der Waals surface area (Å²) in [5.74, 6) is 0.963. The van der Waals surface area contributed by atoms with Crippen LogP contribution in [-0.4, -0.2) is 20.6 Å². The predicted molar refractivity (Wildman–Crippen MR) is 86.4 cm³/mol. The number of oxazole rings is 1. The molecule has 7 nitrogen and oxygen atoms in total. The maximum absolute atomic E-state index is 11.8. The van der Waals surface area contributed by atoms with Gasteiger partial charge in [-0.3, -0.25) is 5.32 Å². The third-order valence-electron chi connectivity index (χ3n) is 3.58. The Hall–Kier alpha value is -3.09. The van der Waals surface area contributed by atoms with Crippen LogP contribution < -0.4 is 10.6 Å². The Kier molecular flexibility index (Phi) is 4.09. The molecule has 7 heteroatoms. The zero-order valence-corrected chi connectivity index (χ0v) is 12.9. The van der Waals surface area contributed by atoms with E-state index in [0.717, 1.165) is 11.4 Å². The van der Waals surface area contributed by atoms with Crippen LogP contribution in [0.4, 0.5) is 16.5 Å². The molecule has 23 heavy (non-hydrogen) atoms. The number of hydrogen-bond donors (Lipinski definition) is 2. The molecule has 3 rings (SSSR count). The summed E-state index contributed by atoms with van der Waals surface area (Å²) in [6.07, 6.45) is 6.60. The summed E-state index contributed by atoms with van der Waals surface area (Å²) in [5.41, 5.74) is 1.82. The lowest BCUT2D eigenvalue weighted by atomic mass is 10.1. The van der Waals surface area contributed by atoms with Gasteiger partial charge in [0.2, 0.25) is 0 Å². The number of nitrogens with one attached hydrogen (secondary N) is 2.